The van der Waals surface area contributed by atoms with Gasteiger partial charge in [0.25, 0.3) is 0 Å². The van der Waals surface area contributed by atoms with Gasteiger partial charge in [-0.1, -0.05) is 19.1 Å². The molecule has 0 radical (unpaired) electrons. The predicted molar refractivity (Wildman–Crippen MR) is 97.0 cm³/mol. The summed E-state index contributed by atoms with van der Waals surface area (Å²) in [6.07, 6.45) is 2.72. The molecule has 0 fully saturated rings. The minimum Gasteiger partial charge on any atom is -0.496 e. The minimum atomic E-state index is -0.299. The van der Waals surface area contributed by atoms with Gasteiger partial charge < -0.3 is 4.74 Å². The van der Waals surface area contributed by atoms with Crippen LogP contribution in [0.2, 0.25) is 0 Å². The van der Waals surface area contributed by atoms with Crippen LogP contribution in [0.25, 0.3) is 0 Å². The summed E-state index contributed by atoms with van der Waals surface area (Å²) < 4.78 is 18.3. The first-order chi connectivity index (χ1) is 12.1. The van der Waals surface area contributed by atoms with E-state index >= 15 is 0 Å². The van der Waals surface area contributed by atoms with Crippen LogP contribution in [0.3, 0.4) is 0 Å². The molecule has 0 spiro atoms. The van der Waals surface area contributed by atoms with Crippen molar-refractivity contribution in [3.63, 3.8) is 0 Å². The molecule has 0 saturated carbocycles. The Kier molecular flexibility index (Phi) is 5.27. The number of halogens is 1. The molecule has 0 saturated heterocycles. The van der Waals surface area contributed by atoms with Gasteiger partial charge >= 0.3 is 0 Å². The van der Waals surface area contributed by atoms with Gasteiger partial charge in [-0.25, -0.2) is 4.39 Å². The van der Waals surface area contributed by atoms with Crippen molar-refractivity contribution in [1.82, 2.24) is 0 Å². The fourth-order valence-electron chi connectivity index (χ4n) is 3.20. The molecule has 1 unspecified atom stereocenters. The standard InChI is InChI=1S/C21H22FNO2/c1-3-15-13-16(6-11-21(15)25-2)18-9-10-19(23-18)20(24)12-14-4-7-17(22)8-5-14/h4-8,11,13,19H,3,9-10,12H2,1-2H3. The number of ketones is 1. The molecule has 0 aromatic heterocycles. The molecule has 1 atom stereocenters. The zero-order valence-corrected chi connectivity index (χ0v) is 14.6. The lowest BCUT2D eigenvalue weighted by atomic mass is 10.0. The lowest BCUT2D eigenvalue weighted by Crippen LogP contribution is -2.18. The van der Waals surface area contributed by atoms with E-state index in [1.54, 1.807) is 19.2 Å². The van der Waals surface area contributed by atoms with Crippen LogP contribution in [-0.2, 0) is 17.6 Å². The van der Waals surface area contributed by atoms with Gasteiger partial charge in [0.1, 0.15) is 17.6 Å². The zero-order chi connectivity index (χ0) is 17.8. The largest absolute Gasteiger partial charge is 0.496 e. The average molecular weight is 339 g/mol. The summed E-state index contributed by atoms with van der Waals surface area (Å²) in [5, 5.41) is 0. The van der Waals surface area contributed by atoms with Gasteiger partial charge in [0.2, 0.25) is 0 Å². The van der Waals surface area contributed by atoms with E-state index in [9.17, 15) is 9.18 Å². The Balaban J connectivity index is 1.73. The first-order valence-corrected chi connectivity index (χ1v) is 8.61. The smallest absolute Gasteiger partial charge is 0.161 e. The Morgan fingerprint density at radius 3 is 2.68 bits per heavy atom. The van der Waals surface area contributed by atoms with E-state index in [-0.39, 0.29) is 17.6 Å². The number of nitrogens with zero attached hydrogens (tertiary/aromatic N) is 1. The van der Waals surface area contributed by atoms with Crippen LogP contribution in [0.5, 0.6) is 5.75 Å². The average Bonchev–Trinajstić information content (AvgIpc) is 3.13. The van der Waals surface area contributed by atoms with E-state index in [1.165, 1.54) is 12.1 Å². The first kappa shape index (κ1) is 17.3. The Labute approximate surface area is 147 Å². The Morgan fingerprint density at radius 2 is 2.00 bits per heavy atom. The van der Waals surface area contributed by atoms with Gasteiger partial charge in [-0.15, -0.1) is 0 Å². The van der Waals surface area contributed by atoms with Crippen molar-refractivity contribution in [2.45, 2.75) is 38.6 Å². The maximum atomic E-state index is 13.0. The molecule has 130 valence electrons. The number of benzene rings is 2. The van der Waals surface area contributed by atoms with E-state index in [1.807, 2.05) is 12.1 Å². The van der Waals surface area contributed by atoms with Crippen LogP contribution in [0, 0.1) is 5.82 Å². The lowest BCUT2D eigenvalue weighted by Gasteiger charge is -2.09. The summed E-state index contributed by atoms with van der Waals surface area (Å²) in [6, 6.07) is 11.9. The van der Waals surface area contributed by atoms with Crippen molar-refractivity contribution in [2.24, 2.45) is 4.99 Å². The molecule has 1 aliphatic heterocycles. The van der Waals surface area contributed by atoms with E-state index in [0.717, 1.165) is 47.4 Å². The van der Waals surface area contributed by atoms with Crippen molar-refractivity contribution in [1.29, 1.82) is 0 Å². The van der Waals surface area contributed by atoms with Gasteiger partial charge in [0, 0.05) is 12.1 Å². The zero-order valence-electron chi connectivity index (χ0n) is 14.6. The normalized spacial score (nSPS) is 16.6. The highest BCUT2D eigenvalue weighted by molar-refractivity contribution is 6.04. The van der Waals surface area contributed by atoms with Crippen LogP contribution in [0.4, 0.5) is 4.39 Å². The topological polar surface area (TPSA) is 38.7 Å². The fraction of sp³-hybridized carbons (Fsp3) is 0.333. The second kappa shape index (κ2) is 7.60. The third-order valence-corrected chi connectivity index (χ3v) is 4.62. The number of aliphatic imine (C=N–C) groups is 1. The Hall–Kier alpha value is -2.49. The molecule has 0 amide bonds. The highest BCUT2D eigenvalue weighted by Gasteiger charge is 2.25. The van der Waals surface area contributed by atoms with Crippen molar-refractivity contribution in [3.05, 3.63) is 65.0 Å². The number of rotatable bonds is 6. The van der Waals surface area contributed by atoms with Gasteiger partial charge in [-0.05, 0) is 66.3 Å². The number of carbonyl (C=O) groups is 1. The SMILES string of the molecule is CCc1cc(C2=NC(C(=O)Cc3ccc(F)cc3)CC2)ccc1OC. The third-order valence-electron chi connectivity index (χ3n) is 4.62. The molecule has 3 nitrogen and oxygen atoms in total. The van der Waals surface area contributed by atoms with Gasteiger partial charge in [0.15, 0.2) is 5.78 Å². The molecular weight excluding hydrogens is 317 g/mol. The molecule has 2 aromatic carbocycles. The van der Waals surface area contributed by atoms with Gasteiger partial charge in [-0.2, -0.15) is 0 Å². The summed E-state index contributed by atoms with van der Waals surface area (Å²) in [5.41, 5.74) is 4.01. The molecule has 25 heavy (non-hydrogen) atoms. The monoisotopic (exact) mass is 339 g/mol. The molecule has 0 N–H and O–H groups in total. The van der Waals surface area contributed by atoms with Crippen molar-refractivity contribution in [2.75, 3.05) is 7.11 Å². The van der Waals surface area contributed by atoms with Crippen LogP contribution in [-0.4, -0.2) is 24.6 Å². The summed E-state index contributed by atoms with van der Waals surface area (Å²) in [4.78, 5) is 17.1. The van der Waals surface area contributed by atoms with E-state index in [4.69, 9.17) is 4.74 Å². The maximum Gasteiger partial charge on any atom is 0.161 e. The number of ether oxygens (including phenoxy) is 1. The summed E-state index contributed by atoms with van der Waals surface area (Å²) in [7, 11) is 1.67. The number of aryl methyl sites for hydroxylation is 1. The number of methoxy groups -OCH3 is 1. The minimum absolute atomic E-state index is 0.0887. The maximum absolute atomic E-state index is 13.0. The highest BCUT2D eigenvalue weighted by Crippen LogP contribution is 2.25. The summed E-state index contributed by atoms with van der Waals surface area (Å²) >= 11 is 0. The van der Waals surface area contributed by atoms with Crippen molar-refractivity contribution < 1.29 is 13.9 Å². The summed E-state index contributed by atoms with van der Waals surface area (Å²) in [5.74, 6) is 0.684. The molecule has 4 heteroatoms. The second-order valence-electron chi connectivity index (χ2n) is 6.28. The van der Waals surface area contributed by atoms with Crippen LogP contribution < -0.4 is 4.74 Å². The lowest BCUT2D eigenvalue weighted by molar-refractivity contribution is -0.119. The molecule has 2 aromatic rings. The van der Waals surface area contributed by atoms with Crippen molar-refractivity contribution in [3.8, 4) is 5.75 Å². The van der Waals surface area contributed by atoms with Gasteiger partial charge in [0.05, 0.1) is 7.11 Å². The predicted octanol–water partition coefficient (Wildman–Crippen LogP) is 4.16. The van der Waals surface area contributed by atoms with Crippen LogP contribution >= 0.6 is 0 Å². The second-order valence-corrected chi connectivity index (χ2v) is 6.28. The number of hydrogen-bond donors (Lipinski definition) is 0. The first-order valence-electron chi connectivity index (χ1n) is 8.61. The fourth-order valence-corrected chi connectivity index (χ4v) is 3.20. The number of carbonyl (C=O) groups excluding carboxylic acids is 1. The molecular formula is C21H22FNO2. The highest BCUT2D eigenvalue weighted by atomic mass is 19.1. The van der Waals surface area contributed by atoms with E-state index in [0.29, 0.717) is 6.42 Å². The molecule has 0 aliphatic carbocycles. The summed E-state index contributed by atoms with van der Waals surface area (Å²) in [6.45, 7) is 2.09. The van der Waals surface area contributed by atoms with Crippen molar-refractivity contribution >= 4 is 11.5 Å². The number of hydrogen-bond acceptors (Lipinski definition) is 3. The van der Waals surface area contributed by atoms with Crippen LogP contribution in [0.1, 0.15) is 36.5 Å². The number of Topliss-reactive ketones (excluding diaryl/α,β-unsaturated/α-hetero) is 1. The quantitative estimate of drug-likeness (QED) is 0.793. The van der Waals surface area contributed by atoms with Crippen LogP contribution in [0.15, 0.2) is 47.5 Å². The Bertz CT molecular complexity index is 796. The van der Waals surface area contributed by atoms with E-state index < -0.39 is 0 Å². The van der Waals surface area contributed by atoms with E-state index in [2.05, 4.69) is 18.0 Å². The molecule has 1 aliphatic rings. The molecule has 1 heterocycles. The van der Waals surface area contributed by atoms with Gasteiger partial charge in [-0.3, -0.25) is 9.79 Å². The third kappa shape index (κ3) is 3.95. The Morgan fingerprint density at radius 1 is 1.24 bits per heavy atom. The molecule has 0 bridgehead atoms. The molecule has 3 rings (SSSR count).